The molecule has 104 valence electrons. The quantitative estimate of drug-likeness (QED) is 0.647. The lowest BCUT2D eigenvalue weighted by Crippen LogP contribution is -2.39. The molecule has 19 heavy (non-hydrogen) atoms. The van der Waals surface area contributed by atoms with Gasteiger partial charge in [0.2, 0.25) is 0 Å². The molecule has 6 nitrogen and oxygen atoms in total. The Balaban J connectivity index is 2.88. The van der Waals surface area contributed by atoms with E-state index in [9.17, 15) is 14.9 Å². The van der Waals surface area contributed by atoms with Gasteiger partial charge in [0.25, 0.3) is 11.6 Å². The molecule has 0 aromatic heterocycles. The molecule has 0 fully saturated rings. The zero-order valence-corrected chi connectivity index (χ0v) is 11.4. The van der Waals surface area contributed by atoms with Gasteiger partial charge in [0.1, 0.15) is 0 Å². The molecule has 0 unspecified atom stereocenters. The Hall–Kier alpha value is -1.95. The highest BCUT2D eigenvalue weighted by molar-refractivity contribution is 5.94. The number of hydrogen-bond donors (Lipinski definition) is 1. The monoisotopic (exact) mass is 265 g/mol. The van der Waals surface area contributed by atoms with Crippen molar-refractivity contribution in [3.8, 4) is 0 Å². The van der Waals surface area contributed by atoms with Gasteiger partial charge in [-0.25, -0.2) is 0 Å². The van der Waals surface area contributed by atoms with E-state index in [0.717, 1.165) is 0 Å². The normalized spacial score (nSPS) is 11.2. The minimum absolute atomic E-state index is 0.0858. The number of nitro groups is 1. The number of nitro benzene ring substituents is 1. The minimum atomic E-state index is -0.513. The van der Waals surface area contributed by atoms with E-state index in [0.29, 0.717) is 18.7 Å². The van der Waals surface area contributed by atoms with Gasteiger partial charge in [0.15, 0.2) is 0 Å². The van der Waals surface area contributed by atoms with Crippen LogP contribution >= 0.6 is 0 Å². The number of hydrogen-bond acceptors (Lipinski definition) is 4. The van der Waals surface area contributed by atoms with Crippen LogP contribution in [0.15, 0.2) is 24.3 Å². The van der Waals surface area contributed by atoms with Crippen molar-refractivity contribution < 1.29 is 9.72 Å². The third-order valence-electron chi connectivity index (χ3n) is 2.87. The van der Waals surface area contributed by atoms with E-state index >= 15 is 0 Å². The fraction of sp³-hybridized carbons (Fsp3) is 0.462. The van der Waals surface area contributed by atoms with Gasteiger partial charge in [-0.15, -0.1) is 0 Å². The molecule has 0 aliphatic rings. The van der Waals surface area contributed by atoms with Crippen LogP contribution in [0.1, 0.15) is 24.2 Å². The summed E-state index contributed by atoms with van der Waals surface area (Å²) in [6.07, 6.45) is 0. The van der Waals surface area contributed by atoms with E-state index in [1.165, 1.54) is 23.1 Å². The van der Waals surface area contributed by atoms with Crippen LogP contribution in [0.5, 0.6) is 0 Å². The number of benzene rings is 1. The van der Waals surface area contributed by atoms with Crippen molar-refractivity contribution in [1.82, 2.24) is 4.90 Å². The minimum Gasteiger partial charge on any atom is -0.341 e. The summed E-state index contributed by atoms with van der Waals surface area (Å²) in [5, 5.41) is 10.7. The topological polar surface area (TPSA) is 89.5 Å². The largest absolute Gasteiger partial charge is 0.341 e. The molecule has 0 heterocycles. The highest BCUT2D eigenvalue weighted by atomic mass is 16.6. The molecule has 0 spiro atoms. The van der Waals surface area contributed by atoms with Crippen LogP contribution < -0.4 is 5.73 Å². The molecule has 6 heteroatoms. The number of carbonyl (C=O) groups is 1. The number of amides is 1. The lowest BCUT2D eigenvalue weighted by molar-refractivity contribution is -0.384. The van der Waals surface area contributed by atoms with Gasteiger partial charge in [-0.1, -0.05) is 19.9 Å². The molecule has 0 radical (unpaired) electrons. The summed E-state index contributed by atoms with van der Waals surface area (Å²) in [5.74, 6) is -0.245. The van der Waals surface area contributed by atoms with E-state index in [-0.39, 0.29) is 17.0 Å². The molecule has 2 N–H and O–H groups in total. The van der Waals surface area contributed by atoms with Gasteiger partial charge >= 0.3 is 0 Å². The second kappa shape index (κ2) is 5.79. The van der Waals surface area contributed by atoms with Crippen molar-refractivity contribution in [3.05, 3.63) is 39.9 Å². The van der Waals surface area contributed by atoms with Crippen molar-refractivity contribution in [1.29, 1.82) is 0 Å². The van der Waals surface area contributed by atoms with Crippen molar-refractivity contribution in [2.45, 2.75) is 13.8 Å². The molecule has 1 aromatic carbocycles. The first-order chi connectivity index (χ1) is 8.76. The molecular formula is C13H19N3O3. The Morgan fingerprint density at radius 3 is 2.63 bits per heavy atom. The van der Waals surface area contributed by atoms with Gasteiger partial charge in [-0.2, -0.15) is 0 Å². The number of rotatable bonds is 5. The molecule has 0 aliphatic heterocycles. The van der Waals surface area contributed by atoms with E-state index in [1.54, 1.807) is 13.1 Å². The zero-order valence-electron chi connectivity index (χ0n) is 11.4. The lowest BCUT2D eigenvalue weighted by atomic mass is 9.93. The van der Waals surface area contributed by atoms with Crippen molar-refractivity contribution in [3.63, 3.8) is 0 Å². The molecule has 1 rings (SSSR count). The predicted octanol–water partition coefficient (Wildman–Crippen LogP) is 1.65. The second-order valence-corrected chi connectivity index (χ2v) is 5.34. The molecule has 0 aliphatic carbocycles. The van der Waals surface area contributed by atoms with Crippen LogP contribution in [-0.4, -0.2) is 35.9 Å². The van der Waals surface area contributed by atoms with Gasteiger partial charge in [0, 0.05) is 31.3 Å². The third kappa shape index (κ3) is 4.03. The van der Waals surface area contributed by atoms with Crippen LogP contribution in [0, 0.1) is 15.5 Å². The molecule has 0 saturated carbocycles. The maximum atomic E-state index is 12.2. The average Bonchev–Trinajstić information content (AvgIpc) is 2.37. The maximum absolute atomic E-state index is 12.2. The van der Waals surface area contributed by atoms with Gasteiger partial charge in [-0.05, 0) is 18.0 Å². The predicted molar refractivity (Wildman–Crippen MR) is 72.9 cm³/mol. The first-order valence-corrected chi connectivity index (χ1v) is 5.97. The molecule has 0 saturated heterocycles. The second-order valence-electron chi connectivity index (χ2n) is 5.34. The van der Waals surface area contributed by atoms with Crippen LogP contribution in [0.25, 0.3) is 0 Å². The summed E-state index contributed by atoms with van der Waals surface area (Å²) in [7, 11) is 1.67. The van der Waals surface area contributed by atoms with Crippen molar-refractivity contribution in [2.24, 2.45) is 11.1 Å². The number of nitrogens with two attached hydrogens (primary N) is 1. The number of carbonyl (C=O) groups excluding carboxylic acids is 1. The fourth-order valence-electron chi connectivity index (χ4n) is 1.75. The maximum Gasteiger partial charge on any atom is 0.270 e. The fourth-order valence-corrected chi connectivity index (χ4v) is 1.75. The van der Waals surface area contributed by atoms with Crippen LogP contribution in [0.3, 0.4) is 0 Å². The summed E-state index contributed by atoms with van der Waals surface area (Å²) >= 11 is 0. The first kappa shape index (κ1) is 15.1. The Morgan fingerprint density at radius 1 is 1.47 bits per heavy atom. The van der Waals surface area contributed by atoms with E-state index in [1.807, 2.05) is 13.8 Å². The lowest BCUT2D eigenvalue weighted by Gasteiger charge is -2.29. The molecule has 1 aromatic rings. The molecule has 0 atom stereocenters. The standard InChI is InChI=1S/C13H19N3O3/c1-13(2,8-14)9-15(3)12(17)10-5-4-6-11(7-10)16(18)19/h4-7H,8-9,14H2,1-3H3. The van der Waals surface area contributed by atoms with Gasteiger partial charge in [0.05, 0.1) is 4.92 Å². The molecule has 0 bridgehead atoms. The average molecular weight is 265 g/mol. The summed E-state index contributed by atoms with van der Waals surface area (Å²) < 4.78 is 0. The highest BCUT2D eigenvalue weighted by Gasteiger charge is 2.22. The van der Waals surface area contributed by atoms with E-state index in [4.69, 9.17) is 5.73 Å². The first-order valence-electron chi connectivity index (χ1n) is 5.97. The number of non-ortho nitro benzene ring substituents is 1. The van der Waals surface area contributed by atoms with Crippen molar-refractivity contribution in [2.75, 3.05) is 20.1 Å². The van der Waals surface area contributed by atoms with Crippen LogP contribution in [-0.2, 0) is 0 Å². The summed E-state index contributed by atoms with van der Waals surface area (Å²) in [4.78, 5) is 23.9. The van der Waals surface area contributed by atoms with E-state index in [2.05, 4.69) is 0 Å². The Morgan fingerprint density at radius 2 is 2.11 bits per heavy atom. The number of nitrogens with zero attached hydrogens (tertiary/aromatic N) is 2. The molecular weight excluding hydrogens is 246 g/mol. The van der Waals surface area contributed by atoms with E-state index < -0.39 is 4.92 Å². The van der Waals surface area contributed by atoms with Crippen LogP contribution in [0.2, 0.25) is 0 Å². The Labute approximate surface area is 112 Å². The molecule has 1 amide bonds. The summed E-state index contributed by atoms with van der Waals surface area (Å²) in [5.41, 5.74) is 5.66. The summed E-state index contributed by atoms with van der Waals surface area (Å²) in [6, 6.07) is 5.73. The van der Waals surface area contributed by atoms with Crippen LogP contribution in [0.4, 0.5) is 5.69 Å². The van der Waals surface area contributed by atoms with Gasteiger partial charge in [-0.3, -0.25) is 14.9 Å². The Kier molecular flexibility index (Phi) is 4.61. The smallest absolute Gasteiger partial charge is 0.270 e. The summed E-state index contributed by atoms with van der Waals surface area (Å²) in [6.45, 7) is 4.87. The SMILES string of the molecule is CN(CC(C)(C)CN)C(=O)c1cccc([N+](=O)[O-])c1. The van der Waals surface area contributed by atoms with Crippen molar-refractivity contribution >= 4 is 11.6 Å². The Bertz CT molecular complexity index is 486. The third-order valence-corrected chi connectivity index (χ3v) is 2.87. The zero-order chi connectivity index (χ0) is 14.6. The van der Waals surface area contributed by atoms with Gasteiger partial charge < -0.3 is 10.6 Å². The highest BCUT2D eigenvalue weighted by Crippen LogP contribution is 2.18.